The van der Waals surface area contributed by atoms with E-state index in [9.17, 15) is 4.79 Å². The zero-order valence-electron chi connectivity index (χ0n) is 16.0. The van der Waals surface area contributed by atoms with Crippen molar-refractivity contribution in [1.29, 1.82) is 0 Å². The quantitative estimate of drug-likeness (QED) is 0.805. The van der Waals surface area contributed by atoms with Crippen LogP contribution in [0.3, 0.4) is 0 Å². The Balaban J connectivity index is 1.49. The third-order valence-electron chi connectivity index (χ3n) is 7.39. The second kappa shape index (κ2) is 6.67. The normalized spacial score (nSPS) is 29.9. The maximum Gasteiger partial charge on any atom is 0.230 e. The molecule has 1 saturated heterocycles. The van der Waals surface area contributed by atoms with Gasteiger partial charge in [-0.1, -0.05) is 37.5 Å². The molecule has 26 heavy (non-hydrogen) atoms. The van der Waals surface area contributed by atoms with Crippen LogP contribution in [0.4, 0.5) is 5.69 Å². The summed E-state index contributed by atoms with van der Waals surface area (Å²) in [6.07, 6.45) is 12.5. The Morgan fingerprint density at radius 1 is 1.04 bits per heavy atom. The number of hydrogen-bond acceptors (Lipinski definition) is 2. The third-order valence-corrected chi connectivity index (χ3v) is 7.39. The van der Waals surface area contributed by atoms with E-state index in [0.717, 1.165) is 31.7 Å². The Morgan fingerprint density at radius 2 is 1.85 bits per heavy atom. The van der Waals surface area contributed by atoms with Crippen LogP contribution in [-0.2, 0) is 11.2 Å². The van der Waals surface area contributed by atoms with Crippen LogP contribution in [0.5, 0.6) is 0 Å². The summed E-state index contributed by atoms with van der Waals surface area (Å²) in [5.41, 5.74) is 2.78. The van der Waals surface area contributed by atoms with Crippen LogP contribution in [0.1, 0.15) is 63.4 Å². The minimum absolute atomic E-state index is 0.184. The van der Waals surface area contributed by atoms with Gasteiger partial charge in [-0.3, -0.25) is 9.69 Å². The lowest BCUT2D eigenvalue weighted by molar-refractivity contribution is -0.123. The summed E-state index contributed by atoms with van der Waals surface area (Å²) in [6, 6.07) is 8.72. The van der Waals surface area contributed by atoms with Crippen molar-refractivity contribution in [2.45, 2.75) is 69.7 Å². The van der Waals surface area contributed by atoms with E-state index in [1.807, 2.05) is 0 Å². The molecule has 2 aliphatic carbocycles. The number of likely N-dealkylation sites (tertiary alicyclic amines) is 1. The Morgan fingerprint density at radius 3 is 2.65 bits per heavy atom. The second-order valence-corrected chi connectivity index (χ2v) is 9.28. The topological polar surface area (TPSA) is 23.6 Å². The minimum Gasteiger partial charge on any atom is -0.310 e. The Kier molecular flexibility index (Phi) is 4.31. The van der Waals surface area contributed by atoms with Crippen molar-refractivity contribution >= 4 is 11.6 Å². The predicted octanol–water partition coefficient (Wildman–Crippen LogP) is 4.40. The van der Waals surface area contributed by atoms with E-state index in [2.05, 4.69) is 34.1 Å². The van der Waals surface area contributed by atoms with E-state index in [1.54, 1.807) is 0 Å². The zero-order chi connectivity index (χ0) is 17.6. The first kappa shape index (κ1) is 16.8. The molecule has 2 saturated carbocycles. The number of piperidine rings is 1. The van der Waals surface area contributed by atoms with Crippen molar-refractivity contribution in [3.05, 3.63) is 29.8 Å². The Bertz CT molecular complexity index is 677. The summed E-state index contributed by atoms with van der Waals surface area (Å²) in [5, 5.41) is 0. The number of fused-ring (bicyclic) bond motifs is 1. The molecule has 1 amide bonds. The van der Waals surface area contributed by atoms with Crippen LogP contribution in [0, 0.1) is 11.8 Å². The fourth-order valence-electron chi connectivity index (χ4n) is 5.73. The smallest absolute Gasteiger partial charge is 0.230 e. The van der Waals surface area contributed by atoms with E-state index in [0.29, 0.717) is 5.91 Å². The fraction of sp³-hybridized carbons (Fsp3) is 0.696. The molecule has 1 aromatic rings. The van der Waals surface area contributed by atoms with Crippen molar-refractivity contribution < 1.29 is 4.79 Å². The van der Waals surface area contributed by atoms with Gasteiger partial charge in [-0.05, 0) is 69.0 Å². The number of rotatable bonds is 3. The molecule has 0 bridgehead atoms. The summed E-state index contributed by atoms with van der Waals surface area (Å²) in [4.78, 5) is 18.4. The average Bonchev–Trinajstić information content (AvgIpc) is 3.31. The minimum atomic E-state index is 0.184. The molecule has 4 aliphatic rings. The van der Waals surface area contributed by atoms with Gasteiger partial charge < -0.3 is 4.90 Å². The molecule has 3 nitrogen and oxygen atoms in total. The Labute approximate surface area is 157 Å². The number of carbonyl (C=O) groups is 1. The molecule has 3 fully saturated rings. The lowest BCUT2D eigenvalue weighted by Gasteiger charge is -2.53. The van der Waals surface area contributed by atoms with Crippen LogP contribution in [0.25, 0.3) is 0 Å². The highest BCUT2D eigenvalue weighted by atomic mass is 16.2. The lowest BCUT2D eigenvalue weighted by atomic mass is 9.77. The highest BCUT2D eigenvalue weighted by molar-refractivity contribution is 5.96. The first-order chi connectivity index (χ1) is 12.8. The van der Waals surface area contributed by atoms with Gasteiger partial charge >= 0.3 is 0 Å². The van der Waals surface area contributed by atoms with Gasteiger partial charge in [0.1, 0.15) is 0 Å². The number of para-hydroxylation sites is 1. The molecular weight excluding hydrogens is 320 g/mol. The monoisotopic (exact) mass is 352 g/mol. The van der Waals surface area contributed by atoms with E-state index < -0.39 is 0 Å². The van der Waals surface area contributed by atoms with E-state index >= 15 is 0 Å². The van der Waals surface area contributed by atoms with Gasteiger partial charge in [0.2, 0.25) is 5.91 Å². The van der Waals surface area contributed by atoms with Crippen LogP contribution in [-0.4, -0.2) is 36.0 Å². The molecule has 0 aromatic heterocycles. The van der Waals surface area contributed by atoms with Crippen LogP contribution >= 0.6 is 0 Å². The molecular formula is C23H32N2O. The molecule has 2 aliphatic heterocycles. The van der Waals surface area contributed by atoms with Gasteiger partial charge in [0.25, 0.3) is 0 Å². The van der Waals surface area contributed by atoms with Gasteiger partial charge in [-0.25, -0.2) is 0 Å². The first-order valence-corrected chi connectivity index (χ1v) is 10.9. The second-order valence-electron chi connectivity index (χ2n) is 9.28. The first-order valence-electron chi connectivity index (χ1n) is 10.9. The van der Waals surface area contributed by atoms with E-state index in [4.69, 9.17) is 0 Å². The average molecular weight is 353 g/mol. The molecule has 1 atom stereocenters. The number of anilines is 1. The number of hydrogen-bond donors (Lipinski definition) is 0. The van der Waals surface area contributed by atoms with Crippen molar-refractivity contribution in [2.75, 3.05) is 24.5 Å². The molecule has 3 heteroatoms. The number of nitrogens with zero attached hydrogens (tertiary/aromatic N) is 2. The van der Waals surface area contributed by atoms with Crippen molar-refractivity contribution in [3.8, 4) is 0 Å². The largest absolute Gasteiger partial charge is 0.310 e. The highest BCUT2D eigenvalue weighted by Gasteiger charge is 2.47. The lowest BCUT2D eigenvalue weighted by Crippen LogP contribution is -2.63. The molecule has 0 radical (unpaired) electrons. The standard InChI is InChI=1S/C23H32N2O/c26-22(19-7-1-2-8-19)25-17-23(15-20-9-3-4-10-21(20)25)13-5-6-14-24(23)16-18-11-12-18/h3-4,9-10,18-19H,1-2,5-8,11-17H2. The molecule has 0 N–H and O–H groups in total. The summed E-state index contributed by atoms with van der Waals surface area (Å²) < 4.78 is 0. The molecule has 1 spiro atoms. The van der Waals surface area contributed by atoms with Gasteiger partial charge in [-0.2, -0.15) is 0 Å². The van der Waals surface area contributed by atoms with Crippen LogP contribution < -0.4 is 4.90 Å². The molecule has 5 rings (SSSR count). The zero-order valence-corrected chi connectivity index (χ0v) is 16.0. The van der Waals surface area contributed by atoms with Crippen molar-refractivity contribution in [2.24, 2.45) is 11.8 Å². The van der Waals surface area contributed by atoms with Gasteiger partial charge in [-0.15, -0.1) is 0 Å². The summed E-state index contributed by atoms with van der Waals surface area (Å²) in [7, 11) is 0. The maximum atomic E-state index is 13.4. The van der Waals surface area contributed by atoms with Gasteiger partial charge in [0, 0.05) is 30.2 Å². The summed E-state index contributed by atoms with van der Waals surface area (Å²) >= 11 is 0. The Hall–Kier alpha value is -1.35. The summed E-state index contributed by atoms with van der Waals surface area (Å²) in [6.45, 7) is 3.41. The number of carbonyl (C=O) groups excluding carboxylic acids is 1. The summed E-state index contributed by atoms with van der Waals surface area (Å²) in [5.74, 6) is 1.59. The van der Waals surface area contributed by atoms with E-state index in [-0.39, 0.29) is 11.5 Å². The number of benzene rings is 1. The van der Waals surface area contributed by atoms with Gasteiger partial charge in [0.15, 0.2) is 0 Å². The number of amides is 1. The van der Waals surface area contributed by atoms with Crippen LogP contribution in [0.15, 0.2) is 24.3 Å². The van der Waals surface area contributed by atoms with Crippen molar-refractivity contribution in [3.63, 3.8) is 0 Å². The third kappa shape index (κ3) is 2.98. The molecule has 1 unspecified atom stereocenters. The van der Waals surface area contributed by atoms with E-state index in [1.165, 1.54) is 69.3 Å². The molecule has 140 valence electrons. The molecule has 2 heterocycles. The van der Waals surface area contributed by atoms with Crippen molar-refractivity contribution in [1.82, 2.24) is 4.90 Å². The molecule has 1 aromatic carbocycles. The highest BCUT2D eigenvalue weighted by Crippen LogP contribution is 2.43. The fourth-order valence-corrected chi connectivity index (χ4v) is 5.73. The SMILES string of the molecule is O=C(C1CCCC1)N1CC2(CCCCN2CC2CC2)Cc2ccccc21. The maximum absolute atomic E-state index is 13.4. The van der Waals surface area contributed by atoms with Gasteiger partial charge in [0.05, 0.1) is 0 Å². The van der Waals surface area contributed by atoms with Crippen LogP contribution in [0.2, 0.25) is 0 Å². The predicted molar refractivity (Wildman–Crippen MR) is 105 cm³/mol.